The van der Waals surface area contributed by atoms with Crippen molar-refractivity contribution in [1.82, 2.24) is 20.0 Å². The molecule has 0 unspecified atom stereocenters. The number of aliphatic hydroxyl groups is 1. The Morgan fingerprint density at radius 2 is 2.08 bits per heavy atom. The Morgan fingerprint density at radius 3 is 2.71 bits per heavy atom. The molecule has 1 aliphatic rings. The topological polar surface area (TPSA) is 96.7 Å². The lowest BCUT2D eigenvalue weighted by molar-refractivity contribution is 0.0221. The number of hydrogen-bond donors (Lipinski definition) is 2. The molecule has 2 amide bonds. The number of ether oxygens (including phenoxy) is 1. The molecule has 0 bridgehead atoms. The van der Waals surface area contributed by atoms with Crippen LogP contribution in [0.3, 0.4) is 0 Å². The van der Waals surface area contributed by atoms with Crippen molar-refractivity contribution in [3.8, 4) is 0 Å². The maximum Gasteiger partial charge on any atom is 0.410 e. The number of aromatic nitrogens is 2. The average molecular weight is 338 g/mol. The minimum absolute atomic E-state index is 0.0209. The first-order valence-electron chi connectivity index (χ1n) is 8.14. The van der Waals surface area contributed by atoms with Gasteiger partial charge in [-0.05, 0) is 27.2 Å². The molecule has 0 fully saturated rings. The number of amides is 2. The Morgan fingerprint density at radius 1 is 1.38 bits per heavy atom. The van der Waals surface area contributed by atoms with Crippen molar-refractivity contribution in [3.63, 3.8) is 0 Å². The highest BCUT2D eigenvalue weighted by Gasteiger charge is 2.31. The standard InChI is InChI=1S/C16H26N4O4/c1-16(2,3)24-15(23)20-8-6-12-11(10-20)13(18-19(12)4)14(22)17-7-5-9-21/h21H,5-10H2,1-4H3,(H,17,22). The van der Waals surface area contributed by atoms with Gasteiger partial charge in [0, 0.05) is 44.4 Å². The Labute approximate surface area is 141 Å². The number of nitrogens with one attached hydrogen (secondary N) is 1. The van der Waals surface area contributed by atoms with Gasteiger partial charge in [0.05, 0.1) is 6.54 Å². The summed E-state index contributed by atoms with van der Waals surface area (Å²) in [5.41, 5.74) is 1.49. The quantitative estimate of drug-likeness (QED) is 0.793. The van der Waals surface area contributed by atoms with Crippen LogP contribution in [0.25, 0.3) is 0 Å². The summed E-state index contributed by atoms with van der Waals surface area (Å²) in [6.45, 7) is 6.72. The third-order valence-corrected chi connectivity index (χ3v) is 3.73. The van der Waals surface area contributed by atoms with E-state index in [1.54, 1.807) is 16.6 Å². The summed E-state index contributed by atoms with van der Waals surface area (Å²) >= 11 is 0. The summed E-state index contributed by atoms with van der Waals surface area (Å²) < 4.78 is 7.11. The fourth-order valence-electron chi connectivity index (χ4n) is 2.62. The van der Waals surface area contributed by atoms with E-state index in [1.807, 2.05) is 20.8 Å². The van der Waals surface area contributed by atoms with E-state index in [2.05, 4.69) is 10.4 Å². The van der Waals surface area contributed by atoms with Crippen molar-refractivity contribution in [2.24, 2.45) is 7.05 Å². The van der Waals surface area contributed by atoms with Gasteiger partial charge >= 0.3 is 6.09 Å². The van der Waals surface area contributed by atoms with Crippen LogP contribution in [0.4, 0.5) is 4.79 Å². The molecule has 0 saturated heterocycles. The van der Waals surface area contributed by atoms with E-state index in [1.165, 1.54) is 0 Å². The van der Waals surface area contributed by atoms with Crippen molar-refractivity contribution in [2.45, 2.75) is 45.8 Å². The Hall–Kier alpha value is -2.09. The summed E-state index contributed by atoms with van der Waals surface area (Å²) in [5.74, 6) is -0.286. The lowest BCUT2D eigenvalue weighted by atomic mass is 10.0. The number of rotatable bonds is 4. The molecule has 0 aromatic carbocycles. The maximum absolute atomic E-state index is 12.3. The molecule has 24 heavy (non-hydrogen) atoms. The van der Waals surface area contributed by atoms with Crippen LogP contribution in [0.1, 0.15) is 48.9 Å². The summed E-state index contributed by atoms with van der Waals surface area (Å²) in [6.07, 6.45) is 0.732. The molecular formula is C16H26N4O4. The molecule has 134 valence electrons. The lowest BCUT2D eigenvalue weighted by Crippen LogP contribution is -2.40. The van der Waals surface area contributed by atoms with Crippen molar-refractivity contribution in [2.75, 3.05) is 19.7 Å². The first-order chi connectivity index (χ1) is 11.2. The van der Waals surface area contributed by atoms with Crippen molar-refractivity contribution >= 4 is 12.0 Å². The van der Waals surface area contributed by atoms with Gasteiger partial charge in [-0.1, -0.05) is 0 Å². The monoisotopic (exact) mass is 338 g/mol. The van der Waals surface area contributed by atoms with Gasteiger partial charge < -0.3 is 20.1 Å². The van der Waals surface area contributed by atoms with Crippen LogP contribution in [-0.4, -0.2) is 57.1 Å². The molecule has 1 aromatic heterocycles. The molecule has 8 heteroatoms. The molecule has 2 heterocycles. The average Bonchev–Trinajstić information content (AvgIpc) is 2.82. The van der Waals surface area contributed by atoms with Gasteiger partial charge in [-0.3, -0.25) is 9.48 Å². The van der Waals surface area contributed by atoms with Crippen molar-refractivity contribution in [1.29, 1.82) is 0 Å². The third-order valence-electron chi connectivity index (χ3n) is 3.73. The van der Waals surface area contributed by atoms with E-state index in [4.69, 9.17) is 9.84 Å². The number of fused-ring (bicyclic) bond motifs is 1. The summed E-state index contributed by atoms with van der Waals surface area (Å²) in [7, 11) is 1.80. The van der Waals surface area contributed by atoms with Crippen molar-refractivity contribution in [3.05, 3.63) is 17.0 Å². The second-order valence-corrected chi connectivity index (χ2v) is 6.88. The molecule has 2 rings (SSSR count). The molecular weight excluding hydrogens is 312 g/mol. The van der Waals surface area contributed by atoms with Gasteiger partial charge in [-0.2, -0.15) is 5.10 Å². The molecule has 0 radical (unpaired) electrons. The fraction of sp³-hybridized carbons (Fsp3) is 0.688. The molecule has 0 atom stereocenters. The maximum atomic E-state index is 12.3. The van der Waals surface area contributed by atoms with Crippen molar-refractivity contribution < 1.29 is 19.4 Å². The Balaban J connectivity index is 2.14. The minimum atomic E-state index is -0.559. The Bertz CT molecular complexity index is 618. The van der Waals surface area contributed by atoms with Gasteiger partial charge in [-0.15, -0.1) is 0 Å². The number of nitrogens with zero attached hydrogens (tertiary/aromatic N) is 3. The molecule has 0 spiro atoms. The first-order valence-corrected chi connectivity index (χ1v) is 8.14. The fourth-order valence-corrected chi connectivity index (χ4v) is 2.62. The zero-order valence-corrected chi connectivity index (χ0v) is 14.8. The smallest absolute Gasteiger partial charge is 0.410 e. The van der Waals surface area contributed by atoms with Crippen LogP contribution in [0, 0.1) is 0 Å². The minimum Gasteiger partial charge on any atom is -0.444 e. The van der Waals surface area contributed by atoms with Gasteiger partial charge in [0.1, 0.15) is 5.60 Å². The third kappa shape index (κ3) is 4.25. The van der Waals surface area contributed by atoms with Gasteiger partial charge in [0.15, 0.2) is 5.69 Å². The van der Waals surface area contributed by atoms with Crippen LogP contribution >= 0.6 is 0 Å². The van der Waals surface area contributed by atoms with Gasteiger partial charge in [-0.25, -0.2) is 4.79 Å². The van der Waals surface area contributed by atoms with Crippen LogP contribution in [-0.2, 0) is 24.8 Å². The number of carbonyl (C=O) groups is 2. The molecule has 0 saturated carbocycles. The Kier molecular flexibility index (Phi) is 5.48. The van der Waals surface area contributed by atoms with Crippen LogP contribution in [0.5, 0.6) is 0 Å². The van der Waals surface area contributed by atoms with Crippen LogP contribution < -0.4 is 5.32 Å². The highest BCUT2D eigenvalue weighted by Crippen LogP contribution is 2.23. The summed E-state index contributed by atoms with van der Waals surface area (Å²) in [5, 5.41) is 15.8. The van der Waals surface area contributed by atoms with Crippen LogP contribution in [0.2, 0.25) is 0 Å². The predicted molar refractivity (Wildman–Crippen MR) is 87.6 cm³/mol. The molecule has 2 N–H and O–H groups in total. The predicted octanol–water partition coefficient (Wildman–Crippen LogP) is 0.825. The van der Waals surface area contributed by atoms with E-state index < -0.39 is 5.60 Å². The normalized spacial score (nSPS) is 14.3. The SMILES string of the molecule is Cn1nc(C(=O)NCCCO)c2c1CCN(C(=O)OC(C)(C)C)C2. The molecule has 1 aromatic rings. The van der Waals surface area contributed by atoms with Gasteiger partial charge in [0.25, 0.3) is 5.91 Å². The van der Waals surface area contributed by atoms with E-state index in [9.17, 15) is 9.59 Å². The number of aliphatic hydroxyl groups excluding tert-OH is 1. The van der Waals surface area contributed by atoms with E-state index in [0.29, 0.717) is 38.2 Å². The van der Waals surface area contributed by atoms with E-state index in [0.717, 1.165) is 11.3 Å². The first kappa shape index (κ1) is 18.3. The zero-order chi connectivity index (χ0) is 17.9. The number of hydrogen-bond acceptors (Lipinski definition) is 5. The second kappa shape index (κ2) is 7.21. The largest absolute Gasteiger partial charge is 0.444 e. The van der Waals surface area contributed by atoms with E-state index in [-0.39, 0.29) is 18.6 Å². The summed E-state index contributed by atoms with van der Waals surface area (Å²) in [4.78, 5) is 26.2. The molecule has 1 aliphatic heterocycles. The summed E-state index contributed by atoms with van der Waals surface area (Å²) in [6, 6.07) is 0. The lowest BCUT2D eigenvalue weighted by Gasteiger charge is -2.30. The second-order valence-electron chi connectivity index (χ2n) is 6.88. The highest BCUT2D eigenvalue weighted by molar-refractivity contribution is 5.94. The number of aryl methyl sites for hydroxylation is 1. The van der Waals surface area contributed by atoms with Gasteiger partial charge in [0.2, 0.25) is 0 Å². The van der Waals surface area contributed by atoms with Crippen LogP contribution in [0.15, 0.2) is 0 Å². The molecule has 0 aliphatic carbocycles. The molecule has 8 nitrogen and oxygen atoms in total. The van der Waals surface area contributed by atoms with E-state index >= 15 is 0 Å². The zero-order valence-electron chi connectivity index (χ0n) is 14.8. The highest BCUT2D eigenvalue weighted by atomic mass is 16.6. The number of carbonyl (C=O) groups excluding carboxylic acids is 2.